The lowest BCUT2D eigenvalue weighted by Crippen LogP contribution is -2.41. The molecule has 10 nitrogen and oxygen atoms in total. The molecular formula is C28H41BO10. The molecule has 216 valence electrons. The Morgan fingerprint density at radius 3 is 1.64 bits per heavy atom. The van der Waals surface area contributed by atoms with Crippen molar-refractivity contribution < 1.29 is 47.4 Å². The van der Waals surface area contributed by atoms with Crippen LogP contribution in [0.25, 0.3) is 0 Å². The van der Waals surface area contributed by atoms with Crippen LogP contribution in [-0.4, -0.2) is 70.6 Å². The van der Waals surface area contributed by atoms with Gasteiger partial charge >= 0.3 is 31.0 Å². The van der Waals surface area contributed by atoms with E-state index in [2.05, 4.69) is 0 Å². The summed E-state index contributed by atoms with van der Waals surface area (Å²) in [4.78, 5) is 52.4. The van der Waals surface area contributed by atoms with Gasteiger partial charge in [-0.1, -0.05) is 29.7 Å². The summed E-state index contributed by atoms with van der Waals surface area (Å²) in [6, 6.07) is 0. The number of ether oxygens (including phenoxy) is 4. The van der Waals surface area contributed by atoms with Gasteiger partial charge in [0.2, 0.25) is 0 Å². The van der Waals surface area contributed by atoms with Crippen LogP contribution in [-0.2, 0) is 47.4 Å². The minimum atomic E-state index is -1.62. The van der Waals surface area contributed by atoms with Gasteiger partial charge in [0.1, 0.15) is 0 Å². The molecule has 0 aromatic carbocycles. The van der Waals surface area contributed by atoms with Gasteiger partial charge in [-0.05, 0) is 60.3 Å². The molecule has 1 aliphatic heterocycles. The van der Waals surface area contributed by atoms with Crippen molar-refractivity contribution in [2.24, 2.45) is 16.7 Å². The molecule has 2 atom stereocenters. The van der Waals surface area contributed by atoms with E-state index >= 15 is 0 Å². The quantitative estimate of drug-likeness (QED) is 0.153. The third kappa shape index (κ3) is 4.81. The Kier molecular flexibility index (Phi) is 8.49. The fourth-order valence-corrected chi connectivity index (χ4v) is 6.22. The largest absolute Gasteiger partial charge is 0.468 e. The molecular weight excluding hydrogens is 507 g/mol. The molecule has 2 fully saturated rings. The van der Waals surface area contributed by atoms with Crippen LogP contribution >= 0.6 is 0 Å². The molecule has 3 rings (SSSR count). The first-order valence-electron chi connectivity index (χ1n) is 13.2. The second-order valence-electron chi connectivity index (χ2n) is 11.7. The maximum atomic E-state index is 13.2. The van der Waals surface area contributed by atoms with Gasteiger partial charge in [0.15, 0.2) is 10.8 Å². The monoisotopic (exact) mass is 548 g/mol. The predicted molar refractivity (Wildman–Crippen MR) is 141 cm³/mol. The SMILES string of the molecule is C/C=C1\CC(C(=O)OC)(C(=O)OC)C[C@H]1C1=C([C@@H](C)B2OC(C)(C)C(C)(C)O2)CC(C(=O)OC)(C(=O)OC)C1. The van der Waals surface area contributed by atoms with Crippen LogP contribution in [0.3, 0.4) is 0 Å². The van der Waals surface area contributed by atoms with Crippen molar-refractivity contribution in [3.05, 3.63) is 22.8 Å². The molecule has 0 aromatic heterocycles. The molecule has 0 spiro atoms. The average Bonchev–Trinajstić information content (AvgIpc) is 3.56. The van der Waals surface area contributed by atoms with E-state index in [0.717, 1.165) is 16.7 Å². The summed E-state index contributed by atoms with van der Waals surface area (Å²) in [5.41, 5.74) is -2.02. The van der Waals surface area contributed by atoms with E-state index < -0.39 is 58.9 Å². The molecule has 39 heavy (non-hydrogen) atoms. The summed E-state index contributed by atoms with van der Waals surface area (Å²) in [7, 11) is 4.27. The number of hydrogen-bond donors (Lipinski definition) is 0. The van der Waals surface area contributed by atoms with E-state index in [4.69, 9.17) is 28.3 Å². The van der Waals surface area contributed by atoms with Crippen molar-refractivity contribution in [2.75, 3.05) is 28.4 Å². The van der Waals surface area contributed by atoms with Gasteiger partial charge in [0, 0.05) is 11.7 Å². The molecule has 0 radical (unpaired) electrons. The summed E-state index contributed by atoms with van der Waals surface area (Å²) < 4.78 is 33.0. The Morgan fingerprint density at radius 1 is 0.795 bits per heavy atom. The van der Waals surface area contributed by atoms with Gasteiger partial charge in [-0.2, -0.15) is 0 Å². The van der Waals surface area contributed by atoms with Gasteiger partial charge in [0.05, 0.1) is 39.6 Å². The summed E-state index contributed by atoms with van der Waals surface area (Å²) in [5.74, 6) is -3.62. The normalized spacial score (nSPS) is 26.4. The number of allylic oxidation sites excluding steroid dienone is 4. The molecule has 3 aliphatic rings. The van der Waals surface area contributed by atoms with Crippen molar-refractivity contribution in [1.82, 2.24) is 0 Å². The molecule has 0 aromatic rings. The fraction of sp³-hybridized carbons (Fsp3) is 0.714. The van der Waals surface area contributed by atoms with Gasteiger partial charge in [-0.3, -0.25) is 19.2 Å². The molecule has 0 N–H and O–H groups in total. The number of carbonyl (C=O) groups excluding carboxylic acids is 4. The van der Waals surface area contributed by atoms with E-state index in [1.165, 1.54) is 28.4 Å². The van der Waals surface area contributed by atoms with E-state index in [1.54, 1.807) is 0 Å². The molecule has 0 bridgehead atoms. The second kappa shape index (κ2) is 10.7. The van der Waals surface area contributed by atoms with Gasteiger partial charge < -0.3 is 28.3 Å². The highest BCUT2D eigenvalue weighted by Crippen LogP contribution is 2.58. The number of methoxy groups -OCH3 is 4. The highest BCUT2D eigenvalue weighted by atomic mass is 16.7. The zero-order chi connectivity index (χ0) is 29.6. The third-order valence-electron chi connectivity index (χ3n) is 9.23. The average molecular weight is 548 g/mol. The van der Waals surface area contributed by atoms with E-state index in [-0.39, 0.29) is 31.5 Å². The zero-order valence-corrected chi connectivity index (χ0v) is 24.7. The lowest BCUT2D eigenvalue weighted by atomic mass is 9.66. The van der Waals surface area contributed by atoms with E-state index in [9.17, 15) is 19.2 Å². The molecule has 1 saturated heterocycles. The van der Waals surface area contributed by atoms with Gasteiger partial charge in [-0.25, -0.2) is 0 Å². The van der Waals surface area contributed by atoms with E-state index in [1.807, 2.05) is 47.6 Å². The lowest BCUT2D eigenvalue weighted by molar-refractivity contribution is -0.170. The molecule has 1 heterocycles. The fourth-order valence-electron chi connectivity index (χ4n) is 6.22. The van der Waals surface area contributed by atoms with Crippen LogP contribution in [0.2, 0.25) is 5.82 Å². The number of hydrogen-bond acceptors (Lipinski definition) is 10. The first-order chi connectivity index (χ1) is 18.1. The lowest BCUT2D eigenvalue weighted by Gasteiger charge is -2.32. The standard InChI is InChI=1S/C28H41BO10/c1-11-17-12-27(21(30)34-7,22(31)35-8)14-19(17)20-15-28(23(32)36-9,24(33)37-10)13-18(20)16(2)29-38-25(3,4)26(5,6)39-29/h11,16,19H,12-15H2,1-10H3/b17-11+/t16-,19-/m1/s1. The maximum absolute atomic E-state index is 13.2. The van der Waals surface area contributed by atoms with Crippen LogP contribution < -0.4 is 0 Å². The van der Waals surface area contributed by atoms with Gasteiger partial charge in [-0.15, -0.1) is 0 Å². The minimum absolute atomic E-state index is 0.00591. The first kappa shape index (κ1) is 30.9. The Balaban J connectivity index is 2.19. The molecule has 0 amide bonds. The van der Waals surface area contributed by atoms with Crippen molar-refractivity contribution in [1.29, 1.82) is 0 Å². The smallest absolute Gasteiger partial charge is 0.465 e. The highest BCUT2D eigenvalue weighted by molar-refractivity contribution is 6.48. The van der Waals surface area contributed by atoms with Crippen molar-refractivity contribution in [3.63, 3.8) is 0 Å². The maximum Gasteiger partial charge on any atom is 0.465 e. The van der Waals surface area contributed by atoms with Crippen LogP contribution in [0, 0.1) is 16.7 Å². The summed E-state index contributed by atoms with van der Waals surface area (Å²) >= 11 is 0. The Bertz CT molecular complexity index is 1050. The Labute approximate surface area is 230 Å². The van der Waals surface area contributed by atoms with Crippen molar-refractivity contribution in [2.45, 2.75) is 84.2 Å². The zero-order valence-electron chi connectivity index (χ0n) is 24.7. The Morgan fingerprint density at radius 2 is 1.23 bits per heavy atom. The van der Waals surface area contributed by atoms with E-state index in [0.29, 0.717) is 0 Å². The molecule has 0 unspecified atom stereocenters. The topological polar surface area (TPSA) is 124 Å². The van der Waals surface area contributed by atoms with Crippen LogP contribution in [0.5, 0.6) is 0 Å². The summed E-state index contributed by atoms with van der Waals surface area (Å²) in [6.45, 7) is 11.6. The number of carbonyl (C=O) groups is 4. The highest BCUT2D eigenvalue weighted by Gasteiger charge is 2.62. The minimum Gasteiger partial charge on any atom is -0.468 e. The van der Waals surface area contributed by atoms with Crippen LogP contribution in [0.1, 0.15) is 67.2 Å². The van der Waals surface area contributed by atoms with Crippen molar-refractivity contribution >= 4 is 31.0 Å². The summed E-state index contributed by atoms with van der Waals surface area (Å²) in [5, 5.41) is 0. The molecule has 2 aliphatic carbocycles. The number of rotatable bonds is 7. The predicted octanol–water partition coefficient (Wildman–Crippen LogP) is 3.58. The first-order valence-corrected chi connectivity index (χ1v) is 13.2. The third-order valence-corrected chi connectivity index (χ3v) is 9.23. The van der Waals surface area contributed by atoms with Gasteiger partial charge in [0.25, 0.3) is 0 Å². The summed E-state index contributed by atoms with van der Waals surface area (Å²) in [6.07, 6.45) is 2.06. The second-order valence-corrected chi connectivity index (χ2v) is 11.7. The van der Waals surface area contributed by atoms with Crippen LogP contribution in [0.4, 0.5) is 0 Å². The molecule has 1 saturated carbocycles. The number of esters is 4. The Hall–Kier alpha value is -2.66. The van der Waals surface area contributed by atoms with Crippen molar-refractivity contribution in [3.8, 4) is 0 Å². The molecule has 11 heteroatoms. The van der Waals surface area contributed by atoms with Crippen LogP contribution in [0.15, 0.2) is 22.8 Å².